The van der Waals surface area contributed by atoms with E-state index in [2.05, 4.69) is 10.6 Å². The standard InChI is InChI=1S/C19H20Cl3N3O3/c1-11(19(27)24-16-8-12(20)4-7-17(16)28-3)25(2)10-18(26)23-13-5-6-14(21)15(22)9-13/h4-9,11H,10H2,1-3H3,(H,23,26)(H,24,27). The lowest BCUT2D eigenvalue weighted by molar-refractivity contribution is -0.122. The van der Waals surface area contributed by atoms with E-state index in [1.54, 1.807) is 55.3 Å². The maximum Gasteiger partial charge on any atom is 0.241 e. The van der Waals surface area contributed by atoms with Gasteiger partial charge in [-0.15, -0.1) is 0 Å². The Morgan fingerprint density at radius 3 is 2.43 bits per heavy atom. The lowest BCUT2D eigenvalue weighted by Gasteiger charge is -2.23. The molecule has 2 aromatic carbocycles. The predicted octanol–water partition coefficient (Wildman–Crippen LogP) is 4.55. The third-order valence-corrected chi connectivity index (χ3v) is 5.03. The molecule has 9 heteroatoms. The van der Waals surface area contributed by atoms with Crippen molar-refractivity contribution in [2.75, 3.05) is 31.3 Å². The first-order chi connectivity index (χ1) is 13.2. The first-order valence-corrected chi connectivity index (χ1v) is 9.44. The molecular weight excluding hydrogens is 425 g/mol. The van der Waals surface area contributed by atoms with E-state index in [1.165, 1.54) is 7.11 Å². The number of hydrogen-bond acceptors (Lipinski definition) is 4. The van der Waals surface area contributed by atoms with Gasteiger partial charge in [0.25, 0.3) is 0 Å². The number of halogens is 3. The van der Waals surface area contributed by atoms with Gasteiger partial charge in [-0.25, -0.2) is 0 Å². The fourth-order valence-electron chi connectivity index (χ4n) is 2.35. The largest absolute Gasteiger partial charge is 0.495 e. The monoisotopic (exact) mass is 443 g/mol. The Labute approximate surface area is 178 Å². The predicted molar refractivity (Wildman–Crippen MR) is 114 cm³/mol. The number of carbonyl (C=O) groups is 2. The highest BCUT2D eigenvalue weighted by Crippen LogP contribution is 2.28. The van der Waals surface area contributed by atoms with Crippen LogP contribution in [0.25, 0.3) is 0 Å². The summed E-state index contributed by atoms with van der Waals surface area (Å²) in [5.74, 6) is -0.101. The Morgan fingerprint density at radius 2 is 1.79 bits per heavy atom. The maximum absolute atomic E-state index is 12.5. The molecule has 0 aliphatic carbocycles. The lowest BCUT2D eigenvalue weighted by Crippen LogP contribution is -2.43. The molecule has 0 aliphatic rings. The number of rotatable bonds is 7. The zero-order valence-electron chi connectivity index (χ0n) is 15.6. The van der Waals surface area contributed by atoms with E-state index in [4.69, 9.17) is 39.5 Å². The Morgan fingerprint density at radius 1 is 1.07 bits per heavy atom. The number of ether oxygens (including phenoxy) is 1. The van der Waals surface area contributed by atoms with Gasteiger partial charge < -0.3 is 15.4 Å². The molecular formula is C19H20Cl3N3O3. The number of anilines is 2. The van der Waals surface area contributed by atoms with E-state index in [-0.39, 0.29) is 18.4 Å². The van der Waals surface area contributed by atoms with Crippen molar-refractivity contribution in [3.05, 3.63) is 51.5 Å². The van der Waals surface area contributed by atoms with Crippen LogP contribution in [0.3, 0.4) is 0 Å². The van der Waals surface area contributed by atoms with Crippen molar-refractivity contribution < 1.29 is 14.3 Å². The van der Waals surface area contributed by atoms with Crippen molar-refractivity contribution in [3.8, 4) is 5.75 Å². The number of hydrogen-bond donors (Lipinski definition) is 2. The zero-order chi connectivity index (χ0) is 20.8. The summed E-state index contributed by atoms with van der Waals surface area (Å²) in [4.78, 5) is 26.4. The first kappa shape index (κ1) is 22.3. The summed E-state index contributed by atoms with van der Waals surface area (Å²) in [7, 11) is 3.18. The zero-order valence-corrected chi connectivity index (χ0v) is 17.8. The second-order valence-electron chi connectivity index (χ2n) is 6.10. The molecule has 150 valence electrons. The minimum Gasteiger partial charge on any atom is -0.495 e. The molecule has 0 bridgehead atoms. The number of nitrogens with zero attached hydrogens (tertiary/aromatic N) is 1. The average Bonchev–Trinajstić information content (AvgIpc) is 2.64. The quantitative estimate of drug-likeness (QED) is 0.657. The van der Waals surface area contributed by atoms with Crippen molar-refractivity contribution >= 4 is 58.0 Å². The third kappa shape index (κ3) is 6.01. The van der Waals surface area contributed by atoms with Gasteiger partial charge in [0, 0.05) is 10.7 Å². The molecule has 1 atom stereocenters. The molecule has 0 saturated heterocycles. The molecule has 0 aliphatic heterocycles. The Hall–Kier alpha value is -1.99. The van der Waals surface area contributed by atoms with E-state index in [1.807, 2.05) is 0 Å². The van der Waals surface area contributed by atoms with Gasteiger partial charge in [-0.2, -0.15) is 0 Å². The highest BCUT2D eigenvalue weighted by molar-refractivity contribution is 6.42. The van der Waals surface area contributed by atoms with Gasteiger partial charge in [-0.05, 0) is 50.4 Å². The fraction of sp³-hybridized carbons (Fsp3) is 0.263. The minimum absolute atomic E-state index is 0.00150. The van der Waals surface area contributed by atoms with Crippen LogP contribution < -0.4 is 15.4 Å². The second kappa shape index (κ2) is 9.98. The topological polar surface area (TPSA) is 70.7 Å². The Kier molecular flexibility index (Phi) is 7.95. The maximum atomic E-state index is 12.5. The first-order valence-electron chi connectivity index (χ1n) is 8.30. The molecule has 28 heavy (non-hydrogen) atoms. The summed E-state index contributed by atoms with van der Waals surface area (Å²) >= 11 is 17.8. The van der Waals surface area contributed by atoms with Crippen molar-refractivity contribution in [2.24, 2.45) is 0 Å². The van der Waals surface area contributed by atoms with Crippen molar-refractivity contribution in [1.29, 1.82) is 0 Å². The lowest BCUT2D eigenvalue weighted by atomic mass is 10.2. The van der Waals surface area contributed by atoms with Gasteiger partial charge in [-0.1, -0.05) is 34.8 Å². The van der Waals surface area contributed by atoms with Crippen LogP contribution in [0.4, 0.5) is 11.4 Å². The Bertz CT molecular complexity index is 877. The third-order valence-electron chi connectivity index (χ3n) is 4.06. The molecule has 6 nitrogen and oxygen atoms in total. The molecule has 0 radical (unpaired) electrons. The number of benzene rings is 2. The summed E-state index contributed by atoms with van der Waals surface area (Å²) in [6.07, 6.45) is 0. The summed E-state index contributed by atoms with van der Waals surface area (Å²) in [5, 5.41) is 6.70. The highest BCUT2D eigenvalue weighted by atomic mass is 35.5. The van der Waals surface area contributed by atoms with Crippen LogP contribution in [-0.4, -0.2) is 43.5 Å². The SMILES string of the molecule is COc1ccc(Cl)cc1NC(=O)C(C)N(C)CC(=O)Nc1ccc(Cl)c(Cl)c1. The van der Waals surface area contributed by atoms with Gasteiger partial charge in [0.15, 0.2) is 0 Å². The van der Waals surface area contributed by atoms with Crippen LogP contribution in [-0.2, 0) is 9.59 Å². The number of carbonyl (C=O) groups excluding carboxylic acids is 2. The van der Waals surface area contributed by atoms with E-state index in [0.717, 1.165) is 0 Å². The number of amides is 2. The van der Waals surface area contributed by atoms with E-state index >= 15 is 0 Å². The van der Waals surface area contributed by atoms with E-state index < -0.39 is 6.04 Å². The molecule has 0 aromatic heterocycles. The summed E-state index contributed by atoms with van der Waals surface area (Å²) in [5.41, 5.74) is 0.981. The summed E-state index contributed by atoms with van der Waals surface area (Å²) in [6.45, 7) is 1.69. The molecule has 2 aromatic rings. The van der Waals surface area contributed by atoms with E-state index in [9.17, 15) is 9.59 Å². The number of nitrogens with one attached hydrogen (secondary N) is 2. The minimum atomic E-state index is -0.580. The average molecular weight is 445 g/mol. The van der Waals surface area contributed by atoms with Crippen molar-refractivity contribution in [3.63, 3.8) is 0 Å². The molecule has 0 heterocycles. The van der Waals surface area contributed by atoms with Gasteiger partial charge in [-0.3, -0.25) is 14.5 Å². The molecule has 0 fully saturated rings. The fourth-order valence-corrected chi connectivity index (χ4v) is 2.82. The van der Waals surface area contributed by atoms with Gasteiger partial charge >= 0.3 is 0 Å². The van der Waals surface area contributed by atoms with Crippen molar-refractivity contribution in [2.45, 2.75) is 13.0 Å². The smallest absolute Gasteiger partial charge is 0.241 e. The number of methoxy groups -OCH3 is 1. The molecule has 2 N–H and O–H groups in total. The second-order valence-corrected chi connectivity index (χ2v) is 7.35. The van der Waals surface area contributed by atoms with Gasteiger partial charge in [0.05, 0.1) is 35.4 Å². The normalized spacial score (nSPS) is 11.8. The molecule has 2 rings (SSSR count). The summed E-state index contributed by atoms with van der Waals surface area (Å²) < 4.78 is 5.22. The number of likely N-dealkylation sites (N-methyl/N-ethyl adjacent to an activating group) is 1. The molecule has 2 amide bonds. The summed E-state index contributed by atoms with van der Waals surface area (Å²) in [6, 6.07) is 9.15. The van der Waals surface area contributed by atoms with E-state index in [0.29, 0.717) is 32.2 Å². The molecule has 0 spiro atoms. The highest BCUT2D eigenvalue weighted by Gasteiger charge is 2.21. The Balaban J connectivity index is 1.96. The van der Waals surface area contributed by atoms with Crippen LogP contribution >= 0.6 is 34.8 Å². The van der Waals surface area contributed by atoms with Crippen LogP contribution in [0.5, 0.6) is 5.75 Å². The molecule has 0 saturated carbocycles. The van der Waals surface area contributed by atoms with Gasteiger partial charge in [0.2, 0.25) is 11.8 Å². The van der Waals surface area contributed by atoms with Crippen LogP contribution in [0, 0.1) is 0 Å². The van der Waals surface area contributed by atoms with Crippen LogP contribution in [0.15, 0.2) is 36.4 Å². The molecule has 1 unspecified atom stereocenters. The van der Waals surface area contributed by atoms with Crippen molar-refractivity contribution in [1.82, 2.24) is 4.90 Å². The van der Waals surface area contributed by atoms with Gasteiger partial charge in [0.1, 0.15) is 5.75 Å². The van der Waals surface area contributed by atoms with Crippen LogP contribution in [0.2, 0.25) is 15.1 Å². The van der Waals surface area contributed by atoms with Crippen LogP contribution in [0.1, 0.15) is 6.92 Å².